The lowest BCUT2D eigenvalue weighted by molar-refractivity contribution is -0.0502. The largest absolute Gasteiger partial charge is 0.391 e. The summed E-state index contributed by atoms with van der Waals surface area (Å²) in [4.78, 5) is 9.59. The second-order valence-electron chi connectivity index (χ2n) is 8.38. The Bertz CT molecular complexity index is 830. The van der Waals surface area contributed by atoms with Crippen molar-refractivity contribution in [3.05, 3.63) is 71.8 Å². The molecule has 0 amide bonds. The van der Waals surface area contributed by atoms with E-state index in [1.54, 1.807) is 0 Å². The second-order valence-corrected chi connectivity index (χ2v) is 8.38. The molecule has 3 atom stereocenters. The number of hydrogen-bond acceptors (Lipinski definition) is 4. The first-order valence-electron chi connectivity index (χ1n) is 11.4. The van der Waals surface area contributed by atoms with Crippen LogP contribution in [0.1, 0.15) is 18.1 Å². The standard InChI is InChI=1S/C25H34N4O2/c1-2-26-25(27-16-22(30)15-20-9-5-3-6-10-20)29-18-23-24(19-29)31-14-13-28(23)17-21-11-7-4-8-12-21/h3-12,22-24,30H,2,13-19H2,1H3,(H,26,27). The van der Waals surface area contributed by atoms with Crippen molar-refractivity contribution in [2.45, 2.75) is 38.1 Å². The topological polar surface area (TPSA) is 60.3 Å². The van der Waals surface area contributed by atoms with Crippen LogP contribution in [0.2, 0.25) is 0 Å². The Kier molecular flexibility index (Phi) is 7.57. The number of nitrogens with zero attached hydrogens (tertiary/aromatic N) is 3. The summed E-state index contributed by atoms with van der Waals surface area (Å²) in [5.41, 5.74) is 2.47. The van der Waals surface area contributed by atoms with E-state index in [1.165, 1.54) is 5.56 Å². The summed E-state index contributed by atoms with van der Waals surface area (Å²) in [6.07, 6.45) is 0.311. The van der Waals surface area contributed by atoms with Crippen LogP contribution in [0.4, 0.5) is 0 Å². The van der Waals surface area contributed by atoms with Crippen LogP contribution in [0.15, 0.2) is 65.7 Å². The van der Waals surface area contributed by atoms with Crippen LogP contribution in [0.3, 0.4) is 0 Å². The van der Waals surface area contributed by atoms with Crippen molar-refractivity contribution in [1.29, 1.82) is 0 Å². The lowest BCUT2D eigenvalue weighted by Gasteiger charge is -2.36. The van der Waals surface area contributed by atoms with Gasteiger partial charge in [0.05, 0.1) is 31.4 Å². The van der Waals surface area contributed by atoms with Gasteiger partial charge < -0.3 is 20.1 Å². The van der Waals surface area contributed by atoms with E-state index in [9.17, 15) is 5.11 Å². The molecule has 2 fully saturated rings. The zero-order valence-corrected chi connectivity index (χ0v) is 18.4. The minimum Gasteiger partial charge on any atom is -0.391 e. The third kappa shape index (κ3) is 5.85. The number of hydrogen-bond donors (Lipinski definition) is 2. The monoisotopic (exact) mass is 422 g/mol. The quantitative estimate of drug-likeness (QED) is 0.529. The summed E-state index contributed by atoms with van der Waals surface area (Å²) >= 11 is 0. The Morgan fingerprint density at radius 2 is 1.81 bits per heavy atom. The molecule has 31 heavy (non-hydrogen) atoms. The molecule has 2 N–H and O–H groups in total. The first kappa shape index (κ1) is 21.8. The predicted octanol–water partition coefficient (Wildman–Crippen LogP) is 2.14. The van der Waals surface area contributed by atoms with Gasteiger partial charge in [-0.2, -0.15) is 0 Å². The average molecular weight is 423 g/mol. The fourth-order valence-electron chi connectivity index (χ4n) is 4.51. The first-order chi connectivity index (χ1) is 15.2. The van der Waals surface area contributed by atoms with Crippen molar-refractivity contribution in [3.63, 3.8) is 0 Å². The van der Waals surface area contributed by atoms with Gasteiger partial charge in [0.15, 0.2) is 5.96 Å². The smallest absolute Gasteiger partial charge is 0.194 e. The fourth-order valence-corrected chi connectivity index (χ4v) is 4.51. The molecule has 2 aromatic rings. The third-order valence-electron chi connectivity index (χ3n) is 6.05. The van der Waals surface area contributed by atoms with Crippen LogP contribution < -0.4 is 5.32 Å². The maximum Gasteiger partial charge on any atom is 0.194 e. The Balaban J connectivity index is 1.38. The van der Waals surface area contributed by atoms with E-state index in [4.69, 9.17) is 9.73 Å². The van der Waals surface area contributed by atoms with Crippen molar-refractivity contribution in [2.75, 3.05) is 39.3 Å². The molecule has 2 heterocycles. The van der Waals surface area contributed by atoms with E-state index >= 15 is 0 Å². The van der Waals surface area contributed by atoms with Gasteiger partial charge in [-0.25, -0.2) is 0 Å². The van der Waals surface area contributed by atoms with E-state index in [0.717, 1.165) is 50.9 Å². The second kappa shape index (κ2) is 10.8. The van der Waals surface area contributed by atoms with Gasteiger partial charge in [0.1, 0.15) is 0 Å². The molecule has 2 aliphatic rings. The summed E-state index contributed by atoms with van der Waals surface area (Å²) in [5, 5.41) is 13.9. The van der Waals surface area contributed by atoms with Crippen LogP contribution in [0.5, 0.6) is 0 Å². The summed E-state index contributed by atoms with van der Waals surface area (Å²) in [5.74, 6) is 0.868. The van der Waals surface area contributed by atoms with Crippen molar-refractivity contribution in [2.24, 2.45) is 4.99 Å². The van der Waals surface area contributed by atoms with E-state index in [-0.39, 0.29) is 6.10 Å². The number of aliphatic imine (C=N–C) groups is 1. The van der Waals surface area contributed by atoms with Crippen LogP contribution in [0, 0.1) is 0 Å². The Morgan fingerprint density at radius 1 is 1.10 bits per heavy atom. The summed E-state index contributed by atoms with van der Waals surface area (Å²) in [6.45, 7) is 7.65. The highest BCUT2D eigenvalue weighted by molar-refractivity contribution is 5.80. The number of benzene rings is 2. The van der Waals surface area contributed by atoms with Gasteiger partial charge in [-0.15, -0.1) is 0 Å². The molecule has 2 aliphatic heterocycles. The molecule has 0 radical (unpaired) electrons. The molecule has 3 unspecified atom stereocenters. The van der Waals surface area contributed by atoms with Crippen molar-refractivity contribution in [1.82, 2.24) is 15.1 Å². The number of morpholine rings is 1. The Labute approximate surface area is 185 Å². The van der Waals surface area contributed by atoms with Crippen molar-refractivity contribution in [3.8, 4) is 0 Å². The van der Waals surface area contributed by atoms with Crippen molar-refractivity contribution >= 4 is 5.96 Å². The van der Waals surface area contributed by atoms with Gasteiger partial charge in [-0.1, -0.05) is 60.7 Å². The lowest BCUT2D eigenvalue weighted by Crippen LogP contribution is -2.50. The molecular weight excluding hydrogens is 388 g/mol. The number of rotatable bonds is 7. The number of fused-ring (bicyclic) bond motifs is 1. The molecule has 6 nitrogen and oxygen atoms in total. The highest BCUT2D eigenvalue weighted by Gasteiger charge is 2.41. The Morgan fingerprint density at radius 3 is 2.52 bits per heavy atom. The zero-order chi connectivity index (χ0) is 21.5. The maximum absolute atomic E-state index is 10.5. The maximum atomic E-state index is 10.5. The molecule has 2 saturated heterocycles. The highest BCUT2D eigenvalue weighted by Crippen LogP contribution is 2.24. The number of nitrogens with one attached hydrogen (secondary N) is 1. The highest BCUT2D eigenvalue weighted by atomic mass is 16.5. The van der Waals surface area contributed by atoms with Gasteiger partial charge in [-0.05, 0) is 18.1 Å². The summed E-state index contributed by atoms with van der Waals surface area (Å²) in [7, 11) is 0. The molecule has 2 aromatic carbocycles. The first-order valence-corrected chi connectivity index (χ1v) is 11.4. The minimum absolute atomic E-state index is 0.190. The van der Waals surface area contributed by atoms with Gasteiger partial charge >= 0.3 is 0 Å². The Hall–Kier alpha value is -2.41. The molecule has 0 bridgehead atoms. The predicted molar refractivity (Wildman–Crippen MR) is 124 cm³/mol. The summed E-state index contributed by atoms with van der Waals surface area (Å²) < 4.78 is 6.12. The molecule has 0 aromatic heterocycles. The average Bonchev–Trinajstić information content (AvgIpc) is 3.23. The molecule has 4 rings (SSSR count). The van der Waals surface area contributed by atoms with Gasteiger partial charge in [-0.3, -0.25) is 9.89 Å². The van der Waals surface area contributed by atoms with Crippen LogP contribution in [0.25, 0.3) is 0 Å². The number of aliphatic hydroxyl groups is 1. The number of likely N-dealkylation sites (tertiary alicyclic amines) is 1. The normalized spacial score (nSPS) is 22.9. The molecule has 0 aliphatic carbocycles. The van der Waals surface area contributed by atoms with E-state index in [1.807, 2.05) is 30.3 Å². The van der Waals surface area contributed by atoms with Crippen LogP contribution in [-0.4, -0.2) is 78.4 Å². The van der Waals surface area contributed by atoms with E-state index in [0.29, 0.717) is 19.0 Å². The molecular formula is C25H34N4O2. The van der Waals surface area contributed by atoms with Crippen molar-refractivity contribution < 1.29 is 9.84 Å². The third-order valence-corrected chi connectivity index (χ3v) is 6.05. The van der Waals surface area contributed by atoms with E-state index in [2.05, 4.69) is 52.4 Å². The van der Waals surface area contributed by atoms with Crippen LogP contribution in [-0.2, 0) is 17.7 Å². The molecule has 0 spiro atoms. The number of ether oxygens (including phenoxy) is 1. The van der Waals surface area contributed by atoms with Gasteiger partial charge in [0.2, 0.25) is 0 Å². The van der Waals surface area contributed by atoms with E-state index < -0.39 is 6.10 Å². The van der Waals surface area contributed by atoms with Gasteiger partial charge in [0, 0.05) is 39.1 Å². The SMILES string of the molecule is CCNC(=NCC(O)Cc1ccccc1)N1CC2OCCN(Cc3ccccc3)C2C1. The molecule has 166 valence electrons. The number of guanidine groups is 1. The summed E-state index contributed by atoms with van der Waals surface area (Å²) in [6, 6.07) is 21.1. The zero-order valence-electron chi connectivity index (χ0n) is 18.4. The molecule has 6 heteroatoms. The fraction of sp³-hybridized carbons (Fsp3) is 0.480. The van der Waals surface area contributed by atoms with Gasteiger partial charge in [0.25, 0.3) is 0 Å². The van der Waals surface area contributed by atoms with Crippen LogP contribution >= 0.6 is 0 Å². The minimum atomic E-state index is -0.494. The molecule has 0 saturated carbocycles. The number of aliphatic hydroxyl groups excluding tert-OH is 1. The lowest BCUT2D eigenvalue weighted by atomic mass is 10.1.